The van der Waals surface area contributed by atoms with E-state index in [0.29, 0.717) is 11.6 Å². The fourth-order valence-electron chi connectivity index (χ4n) is 2.88. The minimum Gasteiger partial charge on any atom is -0.271 e. The number of hydrogen-bond acceptors (Lipinski definition) is 4. The Balaban J connectivity index is 2.12. The number of hydrogen-bond donors (Lipinski definition) is 1. The summed E-state index contributed by atoms with van der Waals surface area (Å²) in [6.45, 7) is 9.85. The molecule has 0 radical (unpaired) electrons. The highest BCUT2D eigenvalue weighted by Crippen LogP contribution is 2.22. The summed E-state index contributed by atoms with van der Waals surface area (Å²) in [5.41, 5.74) is 8.32. The maximum absolute atomic E-state index is 12.3. The molecule has 156 valence electrons. The van der Waals surface area contributed by atoms with Crippen LogP contribution in [0.15, 0.2) is 41.5 Å². The lowest BCUT2D eigenvalue weighted by molar-refractivity contribution is -0.119. The number of sulfonamides is 1. The molecule has 1 N–H and O–H groups in total. The van der Waals surface area contributed by atoms with Crippen molar-refractivity contribution in [3.05, 3.63) is 64.2 Å². The van der Waals surface area contributed by atoms with Crippen LogP contribution in [0.1, 0.15) is 47.6 Å². The van der Waals surface area contributed by atoms with Gasteiger partial charge in [-0.2, -0.15) is 5.10 Å². The van der Waals surface area contributed by atoms with Gasteiger partial charge in [0.05, 0.1) is 18.2 Å². The summed E-state index contributed by atoms with van der Waals surface area (Å²) in [6.07, 6.45) is 2.65. The summed E-state index contributed by atoms with van der Waals surface area (Å²) in [5, 5.41) is 3.99. The lowest BCUT2D eigenvalue weighted by atomic mass is 10.00. The first-order valence-electron chi connectivity index (χ1n) is 9.47. The molecule has 0 saturated heterocycles. The monoisotopic (exact) mass is 415 g/mol. The van der Waals surface area contributed by atoms with E-state index < -0.39 is 15.9 Å². The Morgan fingerprint density at radius 2 is 1.69 bits per heavy atom. The maximum Gasteiger partial charge on any atom is 0.260 e. The molecule has 0 aliphatic carbocycles. The zero-order valence-corrected chi connectivity index (χ0v) is 18.7. The largest absolute Gasteiger partial charge is 0.271 e. The predicted molar refractivity (Wildman–Crippen MR) is 119 cm³/mol. The van der Waals surface area contributed by atoms with Crippen LogP contribution in [0.5, 0.6) is 0 Å². The first-order chi connectivity index (χ1) is 13.5. The lowest BCUT2D eigenvalue weighted by Crippen LogP contribution is -2.39. The number of nitrogens with zero attached hydrogens (tertiary/aromatic N) is 2. The normalized spacial score (nSPS) is 11.8. The molecule has 2 aromatic rings. The van der Waals surface area contributed by atoms with Crippen molar-refractivity contribution >= 4 is 27.8 Å². The molecule has 6 nitrogen and oxygen atoms in total. The molecule has 7 heteroatoms. The average Bonchev–Trinajstić information content (AvgIpc) is 2.65. The van der Waals surface area contributed by atoms with Crippen molar-refractivity contribution in [1.82, 2.24) is 5.43 Å². The average molecular weight is 416 g/mol. The van der Waals surface area contributed by atoms with Crippen LogP contribution in [0.2, 0.25) is 0 Å². The second kappa shape index (κ2) is 9.22. The van der Waals surface area contributed by atoms with Gasteiger partial charge in [-0.15, -0.1) is 0 Å². The molecule has 0 bridgehead atoms. The first kappa shape index (κ1) is 22.6. The maximum atomic E-state index is 12.3. The summed E-state index contributed by atoms with van der Waals surface area (Å²) in [7, 11) is -3.62. The van der Waals surface area contributed by atoms with E-state index in [1.807, 2.05) is 45.0 Å². The second-order valence-corrected chi connectivity index (χ2v) is 9.44. The Hall–Kier alpha value is -2.67. The van der Waals surface area contributed by atoms with E-state index in [-0.39, 0.29) is 6.54 Å². The molecule has 0 unspecified atom stereocenters. The van der Waals surface area contributed by atoms with Crippen LogP contribution in [-0.4, -0.2) is 33.3 Å². The van der Waals surface area contributed by atoms with E-state index in [1.165, 1.54) is 11.1 Å². The van der Waals surface area contributed by atoms with Crippen molar-refractivity contribution in [2.24, 2.45) is 5.10 Å². The molecule has 2 aromatic carbocycles. The van der Waals surface area contributed by atoms with Crippen molar-refractivity contribution in [2.45, 2.75) is 40.5 Å². The van der Waals surface area contributed by atoms with E-state index in [2.05, 4.69) is 24.4 Å². The van der Waals surface area contributed by atoms with Gasteiger partial charge in [0.25, 0.3) is 5.91 Å². The number of nitrogens with one attached hydrogen (secondary N) is 1. The van der Waals surface area contributed by atoms with Gasteiger partial charge in [-0.1, -0.05) is 38.1 Å². The summed E-state index contributed by atoms with van der Waals surface area (Å²) in [6, 6.07) is 11.1. The number of amides is 1. The van der Waals surface area contributed by atoms with Crippen LogP contribution in [0.4, 0.5) is 5.69 Å². The minimum atomic E-state index is -3.62. The third-order valence-corrected chi connectivity index (χ3v) is 6.17. The Labute approximate surface area is 173 Å². The van der Waals surface area contributed by atoms with Gasteiger partial charge < -0.3 is 0 Å². The van der Waals surface area contributed by atoms with Gasteiger partial charge in [0.2, 0.25) is 10.0 Å². The molecule has 0 aromatic heterocycles. The van der Waals surface area contributed by atoms with Gasteiger partial charge in [0.1, 0.15) is 6.54 Å². The van der Waals surface area contributed by atoms with E-state index in [0.717, 1.165) is 27.3 Å². The highest BCUT2D eigenvalue weighted by Gasteiger charge is 2.20. The topological polar surface area (TPSA) is 78.8 Å². The summed E-state index contributed by atoms with van der Waals surface area (Å²) >= 11 is 0. The fourth-order valence-corrected chi connectivity index (χ4v) is 3.74. The fraction of sp³-hybridized carbons (Fsp3) is 0.364. The highest BCUT2D eigenvalue weighted by molar-refractivity contribution is 7.92. The molecular weight excluding hydrogens is 386 g/mol. The Morgan fingerprint density at radius 1 is 1.07 bits per heavy atom. The Kier molecular flexibility index (Phi) is 7.19. The number of aryl methyl sites for hydroxylation is 1. The van der Waals surface area contributed by atoms with Gasteiger partial charge in [0.15, 0.2) is 0 Å². The van der Waals surface area contributed by atoms with Gasteiger partial charge in [-0.3, -0.25) is 9.10 Å². The number of hydrazone groups is 1. The van der Waals surface area contributed by atoms with Crippen molar-refractivity contribution in [2.75, 3.05) is 17.1 Å². The van der Waals surface area contributed by atoms with Crippen molar-refractivity contribution in [1.29, 1.82) is 0 Å². The second-order valence-electron chi connectivity index (χ2n) is 7.53. The molecule has 0 saturated carbocycles. The van der Waals surface area contributed by atoms with E-state index in [4.69, 9.17) is 0 Å². The molecule has 0 spiro atoms. The Bertz CT molecular complexity index is 1010. The number of carbonyl (C=O) groups excluding carboxylic acids is 1. The van der Waals surface area contributed by atoms with Gasteiger partial charge >= 0.3 is 0 Å². The van der Waals surface area contributed by atoms with Crippen LogP contribution in [-0.2, 0) is 14.8 Å². The predicted octanol–water partition coefficient (Wildman–Crippen LogP) is 3.65. The molecule has 0 fully saturated rings. The van der Waals surface area contributed by atoms with E-state index in [9.17, 15) is 13.2 Å². The quantitative estimate of drug-likeness (QED) is 0.554. The summed E-state index contributed by atoms with van der Waals surface area (Å²) < 4.78 is 25.5. The third kappa shape index (κ3) is 5.90. The summed E-state index contributed by atoms with van der Waals surface area (Å²) in [4.78, 5) is 12.3. The van der Waals surface area contributed by atoms with Crippen molar-refractivity contribution in [3.8, 4) is 0 Å². The zero-order valence-electron chi connectivity index (χ0n) is 17.9. The lowest BCUT2D eigenvalue weighted by Gasteiger charge is -2.21. The number of rotatable bonds is 7. The molecule has 1 amide bonds. The molecule has 29 heavy (non-hydrogen) atoms. The minimum absolute atomic E-state index is 0.335. The summed E-state index contributed by atoms with van der Waals surface area (Å²) in [5.74, 6) is -0.177. The molecular formula is C22H29N3O3S. The number of anilines is 1. The zero-order chi connectivity index (χ0) is 21.8. The van der Waals surface area contributed by atoms with Gasteiger partial charge in [-0.25, -0.2) is 13.8 Å². The van der Waals surface area contributed by atoms with E-state index in [1.54, 1.807) is 18.3 Å². The van der Waals surface area contributed by atoms with Gasteiger partial charge in [-0.05, 0) is 66.6 Å². The van der Waals surface area contributed by atoms with Crippen LogP contribution >= 0.6 is 0 Å². The Morgan fingerprint density at radius 3 is 2.24 bits per heavy atom. The molecule has 0 atom stereocenters. The smallest absolute Gasteiger partial charge is 0.260 e. The van der Waals surface area contributed by atoms with Crippen LogP contribution < -0.4 is 9.73 Å². The van der Waals surface area contributed by atoms with Crippen molar-refractivity contribution in [3.63, 3.8) is 0 Å². The first-order valence-corrected chi connectivity index (χ1v) is 11.3. The highest BCUT2D eigenvalue weighted by atomic mass is 32.2. The molecule has 2 rings (SSSR count). The van der Waals surface area contributed by atoms with E-state index >= 15 is 0 Å². The molecule has 0 aliphatic heterocycles. The van der Waals surface area contributed by atoms with Crippen LogP contribution in [0.3, 0.4) is 0 Å². The molecule has 0 aliphatic rings. The standard InChI is InChI=1S/C22H29N3O3S/c1-15(2)19-9-11-21(12-10-19)25(29(6,27)28)14-22(26)24-23-13-20-8-7-16(3)17(4)18(20)5/h7-13,15H,14H2,1-6H3,(H,24,26)/b23-13-. The number of benzene rings is 2. The van der Waals surface area contributed by atoms with Gasteiger partial charge in [0, 0.05) is 0 Å². The number of carbonyl (C=O) groups is 1. The van der Waals surface area contributed by atoms with Crippen LogP contribution in [0.25, 0.3) is 0 Å². The van der Waals surface area contributed by atoms with Crippen molar-refractivity contribution < 1.29 is 13.2 Å². The SMILES string of the molecule is Cc1ccc(/C=N\NC(=O)CN(c2ccc(C(C)C)cc2)S(C)(=O)=O)c(C)c1C. The molecule has 0 heterocycles. The van der Waals surface area contributed by atoms with Crippen LogP contribution in [0, 0.1) is 20.8 Å². The third-order valence-electron chi connectivity index (χ3n) is 5.03.